The number of hydrogen-bond acceptors (Lipinski definition) is 5. The molecule has 8 heteroatoms. The minimum absolute atomic E-state index is 0. The van der Waals surface area contributed by atoms with Gasteiger partial charge in [0.1, 0.15) is 0 Å². The van der Waals surface area contributed by atoms with Crippen molar-refractivity contribution in [3.8, 4) is 0 Å². The molecule has 1 atom stereocenters. The monoisotopic (exact) mass is 278 g/mol. The summed E-state index contributed by atoms with van der Waals surface area (Å²) < 4.78 is 22.8. The van der Waals surface area contributed by atoms with E-state index in [2.05, 4.69) is 23.0 Å². The summed E-state index contributed by atoms with van der Waals surface area (Å²) in [6, 6.07) is 4.79. The number of nitrogens with zero attached hydrogens (tertiary/aromatic N) is 2. The zero-order chi connectivity index (χ0) is 12.0. The summed E-state index contributed by atoms with van der Waals surface area (Å²) in [5, 5.41) is 0. The molecule has 0 aliphatic carbocycles. The second-order valence-electron chi connectivity index (χ2n) is 3.66. The molecular weight excluding hydrogens is 256 g/mol. The lowest BCUT2D eigenvalue weighted by Gasteiger charge is -2.18. The molecule has 0 aromatic carbocycles. The van der Waals surface area contributed by atoms with Crippen molar-refractivity contribution in [2.45, 2.75) is 18.9 Å². The maximum atomic E-state index is 8.67. The van der Waals surface area contributed by atoms with E-state index in [0.717, 1.165) is 0 Å². The first kappa shape index (κ1) is 19.4. The van der Waals surface area contributed by atoms with Crippen LogP contribution in [-0.2, 0) is 11.4 Å². The predicted octanol–water partition coefficient (Wildman–Crippen LogP) is 1.85. The van der Waals surface area contributed by atoms with Crippen LogP contribution in [0.15, 0.2) is 24.5 Å². The zero-order valence-corrected chi connectivity index (χ0v) is 11.3. The Morgan fingerprint density at radius 2 is 2.06 bits per heavy atom. The maximum Gasteiger partial charge on any atom is 0.299 e. The highest BCUT2D eigenvalue weighted by atomic mass is 32.2. The Labute approximate surface area is 110 Å². The lowest BCUT2D eigenvalue weighted by Crippen LogP contribution is -2.17. The van der Waals surface area contributed by atoms with E-state index in [1.54, 1.807) is 0 Å². The Morgan fingerprint density at radius 1 is 1.44 bits per heavy atom. The molecular formula is C10H22N4O3S. The number of hydrogen-bond donors (Lipinski definition) is 4. The van der Waals surface area contributed by atoms with E-state index in [0.29, 0.717) is 6.04 Å². The summed E-state index contributed by atoms with van der Waals surface area (Å²) in [4.78, 5) is 6.54. The smallest absolute Gasteiger partial charge is 0.299 e. The van der Waals surface area contributed by atoms with Gasteiger partial charge < -0.3 is 12.3 Å². The second-order valence-corrected chi connectivity index (χ2v) is 4.12. The van der Waals surface area contributed by atoms with Crippen LogP contribution in [0.3, 0.4) is 0 Å². The van der Waals surface area contributed by atoms with Crippen molar-refractivity contribution >= 4 is 11.4 Å². The summed E-state index contributed by atoms with van der Waals surface area (Å²) in [6.07, 6.45) is 6.41. The molecule has 8 N–H and O–H groups in total. The van der Waals surface area contributed by atoms with Gasteiger partial charge in [0.05, 0.1) is 0 Å². The zero-order valence-electron chi connectivity index (χ0n) is 10.5. The number of aromatic nitrogens is 1. The Hall–Kier alpha value is -0.900. The fraction of sp³-hybridized carbons (Fsp3) is 0.500. The van der Waals surface area contributed by atoms with Crippen molar-refractivity contribution in [1.29, 1.82) is 0 Å². The van der Waals surface area contributed by atoms with Gasteiger partial charge in [0, 0.05) is 18.4 Å². The molecule has 1 aromatic rings. The molecule has 0 bridgehead atoms. The average molecular weight is 278 g/mol. The molecule has 2 heterocycles. The van der Waals surface area contributed by atoms with Gasteiger partial charge in [-0.3, -0.25) is 19.0 Å². The molecule has 1 fully saturated rings. The highest BCUT2D eigenvalue weighted by molar-refractivity contribution is 7.73. The third kappa shape index (κ3) is 6.74. The largest absolute Gasteiger partial charge is 0.344 e. The van der Waals surface area contributed by atoms with E-state index in [-0.39, 0.29) is 12.3 Å². The summed E-state index contributed by atoms with van der Waals surface area (Å²) in [5.74, 6) is 0. The third-order valence-corrected chi connectivity index (χ3v) is 2.59. The first-order valence-electron chi connectivity index (χ1n) is 5.01. The molecule has 1 saturated heterocycles. The minimum atomic E-state index is -2.61. The lowest BCUT2D eigenvalue weighted by molar-refractivity contribution is 0.317. The topological polar surface area (TPSA) is 144 Å². The van der Waals surface area contributed by atoms with Crippen molar-refractivity contribution < 1.29 is 13.3 Å². The summed E-state index contributed by atoms with van der Waals surface area (Å²) in [5.41, 5.74) is 1.36. The van der Waals surface area contributed by atoms with Gasteiger partial charge >= 0.3 is 0 Å². The molecule has 106 valence electrons. The van der Waals surface area contributed by atoms with Crippen molar-refractivity contribution in [3.05, 3.63) is 30.1 Å². The molecule has 0 amide bonds. The van der Waals surface area contributed by atoms with E-state index in [1.807, 2.05) is 18.5 Å². The maximum absolute atomic E-state index is 8.67. The molecule has 1 unspecified atom stereocenters. The Bertz CT molecular complexity index is 335. The van der Waals surface area contributed by atoms with Crippen molar-refractivity contribution in [3.63, 3.8) is 0 Å². The van der Waals surface area contributed by atoms with Gasteiger partial charge in [-0.1, -0.05) is 6.07 Å². The Morgan fingerprint density at radius 3 is 2.44 bits per heavy atom. The van der Waals surface area contributed by atoms with Crippen molar-refractivity contribution in [2.24, 2.45) is 0 Å². The highest BCUT2D eigenvalue weighted by Crippen LogP contribution is 2.29. The summed E-state index contributed by atoms with van der Waals surface area (Å²) in [7, 11) is 2.19. The second kappa shape index (κ2) is 10.1. The number of likely N-dealkylation sites (tertiary alicyclic amines) is 1. The molecule has 0 radical (unpaired) electrons. The van der Waals surface area contributed by atoms with E-state index in [1.165, 1.54) is 24.9 Å². The van der Waals surface area contributed by atoms with Crippen LogP contribution in [0.25, 0.3) is 0 Å². The summed E-state index contributed by atoms with van der Waals surface area (Å²) >= 11 is -2.61. The molecule has 1 aliphatic heterocycles. The van der Waals surface area contributed by atoms with Gasteiger partial charge in [0.2, 0.25) is 0 Å². The molecule has 0 spiro atoms. The van der Waals surface area contributed by atoms with Gasteiger partial charge in [-0.05, 0) is 38.1 Å². The number of pyridine rings is 1. The van der Waals surface area contributed by atoms with Crippen molar-refractivity contribution in [2.75, 3.05) is 13.6 Å². The van der Waals surface area contributed by atoms with Crippen molar-refractivity contribution in [1.82, 2.24) is 22.2 Å². The lowest BCUT2D eigenvalue weighted by atomic mass is 10.1. The van der Waals surface area contributed by atoms with Gasteiger partial charge in [-0.25, -0.2) is 0 Å². The van der Waals surface area contributed by atoms with Gasteiger partial charge in [-0.2, -0.15) is 4.21 Å². The fourth-order valence-electron chi connectivity index (χ4n) is 1.90. The third-order valence-electron chi connectivity index (χ3n) is 2.59. The first-order chi connectivity index (χ1) is 7.61. The van der Waals surface area contributed by atoms with Crippen LogP contribution in [0.2, 0.25) is 0 Å². The van der Waals surface area contributed by atoms with Crippen LogP contribution in [-0.4, -0.2) is 36.8 Å². The van der Waals surface area contributed by atoms with Crippen LogP contribution in [0, 0.1) is 0 Å². The Balaban J connectivity index is 0. The molecule has 1 aliphatic rings. The molecule has 1 aromatic heterocycles. The van der Waals surface area contributed by atoms with Crippen LogP contribution in [0.5, 0.6) is 0 Å². The van der Waals surface area contributed by atoms with Crippen LogP contribution < -0.4 is 12.3 Å². The molecule has 2 rings (SSSR count). The van der Waals surface area contributed by atoms with Gasteiger partial charge in [0.15, 0.2) is 0 Å². The van der Waals surface area contributed by atoms with Gasteiger partial charge in [0.25, 0.3) is 11.4 Å². The molecule has 0 saturated carbocycles. The number of rotatable bonds is 1. The normalized spacial score (nSPS) is 18.3. The van der Waals surface area contributed by atoms with Gasteiger partial charge in [-0.15, -0.1) is 0 Å². The average Bonchev–Trinajstić information content (AvgIpc) is 2.65. The standard InChI is InChI=1S/C10H14N2.2H3N.H2O3S/c1-12-7-3-5-10(12)9-4-2-6-11-8-9;;;1-4(2)3/h2,4,6,8,10H,3,5,7H2,1H3;2*1H3;(H2,1,2,3). The first-order valence-corrected chi connectivity index (χ1v) is 6.07. The summed E-state index contributed by atoms with van der Waals surface area (Å²) in [6.45, 7) is 1.22. The molecule has 18 heavy (non-hydrogen) atoms. The quantitative estimate of drug-likeness (QED) is 0.574. The van der Waals surface area contributed by atoms with E-state index in [4.69, 9.17) is 13.3 Å². The predicted molar refractivity (Wildman–Crippen MR) is 72.3 cm³/mol. The molecule has 7 nitrogen and oxygen atoms in total. The minimum Gasteiger partial charge on any atom is -0.344 e. The van der Waals surface area contributed by atoms with E-state index in [9.17, 15) is 0 Å². The highest BCUT2D eigenvalue weighted by Gasteiger charge is 2.21. The van der Waals surface area contributed by atoms with Crippen LogP contribution in [0.1, 0.15) is 24.4 Å². The van der Waals surface area contributed by atoms with Crippen LogP contribution >= 0.6 is 0 Å². The van der Waals surface area contributed by atoms with Crippen LogP contribution in [0.4, 0.5) is 0 Å². The fourth-order valence-corrected chi connectivity index (χ4v) is 1.90. The van der Waals surface area contributed by atoms with E-state index >= 15 is 0 Å². The Kier molecular flexibility index (Phi) is 10.9. The SMILES string of the molecule is CN1CCCC1c1cccnc1.N.N.O=S(O)O. The van der Waals surface area contributed by atoms with E-state index < -0.39 is 11.4 Å².